The fourth-order valence-corrected chi connectivity index (χ4v) is 3.50. The Bertz CT molecular complexity index is 1110. The molecule has 0 aliphatic heterocycles. The highest BCUT2D eigenvalue weighted by atomic mass is 32.1. The highest BCUT2D eigenvalue weighted by Crippen LogP contribution is 2.25. The maximum atomic E-state index is 12.6. The maximum absolute atomic E-state index is 12.6. The molecule has 1 amide bonds. The van der Waals surface area contributed by atoms with Crippen LogP contribution in [0.25, 0.3) is 22.3 Å². The van der Waals surface area contributed by atoms with Gasteiger partial charge in [0.1, 0.15) is 0 Å². The van der Waals surface area contributed by atoms with Gasteiger partial charge in [-0.05, 0) is 19.9 Å². The zero-order valence-corrected chi connectivity index (χ0v) is 15.5. The summed E-state index contributed by atoms with van der Waals surface area (Å²) in [5, 5.41) is 10.6. The Labute approximate surface area is 154 Å². The van der Waals surface area contributed by atoms with Crippen molar-refractivity contribution in [3.05, 3.63) is 58.7 Å². The molecule has 130 valence electrons. The highest BCUT2D eigenvalue weighted by molar-refractivity contribution is 7.14. The van der Waals surface area contributed by atoms with Gasteiger partial charge in [-0.2, -0.15) is 5.10 Å². The lowest BCUT2D eigenvalue weighted by Crippen LogP contribution is -2.12. The Morgan fingerprint density at radius 3 is 2.73 bits per heavy atom. The molecule has 0 aliphatic rings. The normalized spacial score (nSPS) is 11.0. The lowest BCUT2D eigenvalue weighted by molar-refractivity contribution is 0.102. The summed E-state index contributed by atoms with van der Waals surface area (Å²) in [6.45, 7) is 3.95. The van der Waals surface area contributed by atoms with Crippen LogP contribution in [0.4, 0.5) is 5.13 Å². The van der Waals surface area contributed by atoms with Gasteiger partial charge in [0.2, 0.25) is 0 Å². The zero-order valence-electron chi connectivity index (χ0n) is 14.6. The van der Waals surface area contributed by atoms with Crippen LogP contribution in [0.3, 0.4) is 0 Å². The number of fused-ring (bicyclic) bond motifs is 1. The minimum Gasteiger partial charge on any atom is -0.298 e. The molecule has 4 aromatic rings. The molecule has 0 aliphatic carbocycles. The second-order valence-corrected chi connectivity index (χ2v) is 7.02. The number of rotatable bonds is 3. The van der Waals surface area contributed by atoms with Gasteiger partial charge in [0.15, 0.2) is 10.8 Å². The molecule has 26 heavy (non-hydrogen) atoms. The monoisotopic (exact) mass is 363 g/mol. The van der Waals surface area contributed by atoms with Crippen molar-refractivity contribution in [2.45, 2.75) is 13.8 Å². The lowest BCUT2D eigenvalue weighted by atomic mass is 10.1. The Morgan fingerprint density at radius 2 is 1.96 bits per heavy atom. The molecule has 0 bridgehead atoms. The molecule has 1 aromatic carbocycles. The summed E-state index contributed by atoms with van der Waals surface area (Å²) in [7, 11) is 1.84. The zero-order chi connectivity index (χ0) is 18.3. The van der Waals surface area contributed by atoms with Gasteiger partial charge < -0.3 is 0 Å². The van der Waals surface area contributed by atoms with E-state index in [1.807, 2.05) is 56.6 Å². The lowest BCUT2D eigenvalue weighted by Gasteiger charge is -2.02. The number of hydrogen-bond acceptors (Lipinski definition) is 5. The van der Waals surface area contributed by atoms with Crippen molar-refractivity contribution < 1.29 is 4.79 Å². The van der Waals surface area contributed by atoms with E-state index in [1.165, 1.54) is 16.9 Å². The van der Waals surface area contributed by atoms with Crippen LogP contribution in [0.15, 0.2) is 41.9 Å². The Hall–Kier alpha value is -3.06. The van der Waals surface area contributed by atoms with E-state index in [0.29, 0.717) is 10.7 Å². The first-order valence-corrected chi connectivity index (χ1v) is 9.02. The second-order valence-electron chi connectivity index (χ2n) is 6.16. The molecule has 0 unspecified atom stereocenters. The SMILES string of the molecule is Cc1ccc(-c2csc(NC(=O)c3cnc4c(c3)c(C)nn4C)n2)cc1. The average molecular weight is 363 g/mol. The van der Waals surface area contributed by atoms with Crippen LogP contribution in [0.2, 0.25) is 0 Å². The van der Waals surface area contributed by atoms with E-state index in [4.69, 9.17) is 0 Å². The predicted molar refractivity (Wildman–Crippen MR) is 103 cm³/mol. The first-order chi connectivity index (χ1) is 12.5. The molecular weight excluding hydrogens is 346 g/mol. The minimum absolute atomic E-state index is 0.229. The molecule has 0 saturated carbocycles. The minimum atomic E-state index is -0.229. The smallest absolute Gasteiger partial charge is 0.259 e. The number of aryl methyl sites for hydroxylation is 3. The van der Waals surface area contributed by atoms with Crippen LogP contribution in [0, 0.1) is 13.8 Å². The average Bonchev–Trinajstić information content (AvgIpc) is 3.20. The van der Waals surface area contributed by atoms with Crippen LogP contribution >= 0.6 is 11.3 Å². The number of pyridine rings is 1. The van der Waals surface area contributed by atoms with Crippen molar-refractivity contribution in [3.63, 3.8) is 0 Å². The van der Waals surface area contributed by atoms with Gasteiger partial charge in [-0.25, -0.2) is 9.97 Å². The first kappa shape index (κ1) is 16.4. The van der Waals surface area contributed by atoms with Crippen molar-refractivity contribution >= 4 is 33.4 Å². The molecule has 0 radical (unpaired) electrons. The molecule has 0 spiro atoms. The number of carbonyl (C=O) groups is 1. The summed E-state index contributed by atoms with van der Waals surface area (Å²) in [5.74, 6) is -0.229. The number of anilines is 1. The largest absolute Gasteiger partial charge is 0.298 e. The number of carbonyl (C=O) groups excluding carboxylic acids is 1. The third-order valence-corrected chi connectivity index (χ3v) is 4.95. The van der Waals surface area contributed by atoms with Gasteiger partial charge in [-0.1, -0.05) is 29.8 Å². The topological polar surface area (TPSA) is 72.7 Å². The molecule has 0 saturated heterocycles. The Morgan fingerprint density at radius 1 is 1.19 bits per heavy atom. The standard InChI is InChI=1S/C19H17N5OS/c1-11-4-6-13(7-5-11)16-10-26-19(21-16)22-18(25)14-8-15-12(2)23-24(3)17(15)20-9-14/h4-10H,1-3H3,(H,21,22,25). The van der Waals surface area contributed by atoms with Gasteiger partial charge in [0.05, 0.1) is 17.0 Å². The maximum Gasteiger partial charge on any atom is 0.259 e. The van der Waals surface area contributed by atoms with Crippen molar-refractivity contribution in [2.75, 3.05) is 5.32 Å². The van der Waals surface area contributed by atoms with Gasteiger partial charge in [0.25, 0.3) is 5.91 Å². The summed E-state index contributed by atoms with van der Waals surface area (Å²) in [6, 6.07) is 9.96. The molecule has 4 rings (SSSR count). The molecule has 0 atom stereocenters. The first-order valence-electron chi connectivity index (χ1n) is 8.14. The van der Waals surface area contributed by atoms with E-state index in [1.54, 1.807) is 10.9 Å². The predicted octanol–water partition coefficient (Wildman–Crippen LogP) is 3.96. The van der Waals surface area contributed by atoms with Crippen LogP contribution < -0.4 is 5.32 Å². The second kappa shape index (κ2) is 6.34. The van der Waals surface area contributed by atoms with Crippen LogP contribution in [0.5, 0.6) is 0 Å². The van der Waals surface area contributed by atoms with Gasteiger partial charge in [-0.3, -0.25) is 14.8 Å². The van der Waals surface area contributed by atoms with Crippen molar-refractivity contribution in [1.29, 1.82) is 0 Å². The van der Waals surface area contributed by atoms with E-state index in [2.05, 4.69) is 20.4 Å². The summed E-state index contributed by atoms with van der Waals surface area (Å²) in [6.07, 6.45) is 1.56. The van der Waals surface area contributed by atoms with Crippen molar-refractivity contribution in [3.8, 4) is 11.3 Å². The molecule has 1 N–H and O–H groups in total. The molecule has 0 fully saturated rings. The number of aromatic nitrogens is 4. The summed E-state index contributed by atoms with van der Waals surface area (Å²) < 4.78 is 1.71. The summed E-state index contributed by atoms with van der Waals surface area (Å²) in [4.78, 5) is 21.4. The molecular formula is C19H17N5OS. The van der Waals surface area contributed by atoms with Gasteiger partial charge >= 0.3 is 0 Å². The van der Waals surface area contributed by atoms with Crippen LogP contribution in [-0.4, -0.2) is 25.7 Å². The van der Waals surface area contributed by atoms with E-state index in [0.717, 1.165) is 28.0 Å². The number of amides is 1. The van der Waals surface area contributed by atoms with E-state index in [-0.39, 0.29) is 5.91 Å². The fourth-order valence-electron chi connectivity index (χ4n) is 2.79. The third kappa shape index (κ3) is 2.97. The number of hydrogen-bond donors (Lipinski definition) is 1. The number of thiazole rings is 1. The van der Waals surface area contributed by atoms with Gasteiger partial charge in [0, 0.05) is 29.6 Å². The Balaban J connectivity index is 1.57. The number of benzene rings is 1. The van der Waals surface area contributed by atoms with E-state index < -0.39 is 0 Å². The van der Waals surface area contributed by atoms with Gasteiger partial charge in [-0.15, -0.1) is 11.3 Å². The quantitative estimate of drug-likeness (QED) is 0.598. The summed E-state index contributed by atoms with van der Waals surface area (Å²) in [5.41, 5.74) is 5.17. The van der Waals surface area contributed by atoms with Crippen LogP contribution in [-0.2, 0) is 7.05 Å². The molecule has 3 aromatic heterocycles. The van der Waals surface area contributed by atoms with Crippen LogP contribution in [0.1, 0.15) is 21.6 Å². The number of nitrogens with one attached hydrogen (secondary N) is 1. The summed E-state index contributed by atoms with van der Waals surface area (Å²) >= 11 is 1.40. The van der Waals surface area contributed by atoms with Crippen molar-refractivity contribution in [2.24, 2.45) is 7.05 Å². The Kier molecular flexibility index (Phi) is 4.00. The van der Waals surface area contributed by atoms with E-state index >= 15 is 0 Å². The molecule has 7 heteroatoms. The number of nitrogens with zero attached hydrogens (tertiary/aromatic N) is 4. The third-order valence-electron chi connectivity index (χ3n) is 4.20. The van der Waals surface area contributed by atoms with E-state index in [9.17, 15) is 4.79 Å². The highest BCUT2D eigenvalue weighted by Gasteiger charge is 2.13. The molecule has 6 nitrogen and oxygen atoms in total. The van der Waals surface area contributed by atoms with Crippen molar-refractivity contribution in [1.82, 2.24) is 19.7 Å². The fraction of sp³-hybridized carbons (Fsp3) is 0.158. The molecule has 3 heterocycles.